The van der Waals surface area contributed by atoms with E-state index >= 15 is 0 Å². The van der Waals surface area contributed by atoms with Crippen molar-refractivity contribution in [3.05, 3.63) is 64.8 Å². The van der Waals surface area contributed by atoms with Gasteiger partial charge in [-0.1, -0.05) is 19.9 Å². The zero-order valence-electron chi connectivity index (χ0n) is 19.1. The molecule has 0 saturated heterocycles. The minimum atomic E-state index is -0.399. The van der Waals surface area contributed by atoms with Crippen molar-refractivity contribution in [3.63, 3.8) is 0 Å². The molecule has 0 saturated carbocycles. The normalized spacial score (nSPS) is 11.1. The van der Waals surface area contributed by atoms with Gasteiger partial charge in [0.15, 0.2) is 0 Å². The molecule has 0 N–H and O–H groups in total. The van der Waals surface area contributed by atoms with Gasteiger partial charge in [0.2, 0.25) is 0 Å². The van der Waals surface area contributed by atoms with Crippen LogP contribution in [-0.4, -0.2) is 49.2 Å². The molecule has 0 aliphatic carbocycles. The lowest BCUT2D eigenvalue weighted by Gasteiger charge is -2.19. The Balaban J connectivity index is 1.98. The number of fused-ring (bicyclic) bond motifs is 1. The van der Waals surface area contributed by atoms with Crippen molar-refractivity contribution >= 4 is 22.8 Å². The van der Waals surface area contributed by atoms with Crippen LogP contribution in [0.4, 0.5) is 0 Å². The molecule has 1 amide bonds. The molecule has 1 aromatic heterocycles. The van der Waals surface area contributed by atoms with E-state index in [2.05, 4.69) is 24.6 Å². The van der Waals surface area contributed by atoms with E-state index in [4.69, 9.17) is 9.47 Å². The third kappa shape index (κ3) is 4.74. The predicted octanol–water partition coefficient (Wildman–Crippen LogP) is 4.29. The molecule has 3 rings (SSSR count). The summed E-state index contributed by atoms with van der Waals surface area (Å²) in [5, 5.41) is 1.03. The van der Waals surface area contributed by atoms with Crippen molar-refractivity contribution in [2.24, 2.45) is 13.0 Å². The monoisotopic (exact) mass is 422 g/mol. The summed E-state index contributed by atoms with van der Waals surface area (Å²) in [4.78, 5) is 26.5. The molecular formula is C25H30N2O4. The highest BCUT2D eigenvalue weighted by molar-refractivity contribution is 5.99. The number of esters is 1. The Morgan fingerprint density at radius 3 is 2.39 bits per heavy atom. The average Bonchev–Trinajstić information content (AvgIpc) is 3.07. The zero-order valence-corrected chi connectivity index (χ0v) is 19.1. The van der Waals surface area contributed by atoms with E-state index in [-0.39, 0.29) is 5.91 Å². The highest BCUT2D eigenvalue weighted by Gasteiger charge is 2.17. The fourth-order valence-electron chi connectivity index (χ4n) is 3.94. The highest BCUT2D eigenvalue weighted by atomic mass is 16.5. The fourth-order valence-corrected chi connectivity index (χ4v) is 3.94. The summed E-state index contributed by atoms with van der Waals surface area (Å²) in [6.07, 6.45) is 2.69. The van der Waals surface area contributed by atoms with Gasteiger partial charge in [0, 0.05) is 49.7 Å². The summed E-state index contributed by atoms with van der Waals surface area (Å²) >= 11 is 0. The first-order chi connectivity index (χ1) is 14.7. The molecule has 0 unspecified atom stereocenters. The van der Waals surface area contributed by atoms with Crippen molar-refractivity contribution in [2.45, 2.75) is 20.3 Å². The molecule has 0 aliphatic rings. The first-order valence-electron chi connectivity index (χ1n) is 10.3. The Hall–Kier alpha value is -3.28. The van der Waals surface area contributed by atoms with Crippen LogP contribution in [-0.2, 0) is 18.2 Å². The molecule has 0 radical (unpaired) electrons. The van der Waals surface area contributed by atoms with Gasteiger partial charge in [-0.25, -0.2) is 4.79 Å². The van der Waals surface area contributed by atoms with Crippen molar-refractivity contribution in [2.75, 3.05) is 27.8 Å². The Morgan fingerprint density at radius 1 is 1.03 bits per heavy atom. The molecule has 31 heavy (non-hydrogen) atoms. The van der Waals surface area contributed by atoms with Gasteiger partial charge in [-0.3, -0.25) is 4.79 Å². The quantitative estimate of drug-likeness (QED) is 0.533. The van der Waals surface area contributed by atoms with Gasteiger partial charge >= 0.3 is 5.97 Å². The maximum Gasteiger partial charge on any atom is 0.337 e. The summed E-state index contributed by atoms with van der Waals surface area (Å²) in [6, 6.07) is 11.2. The third-order valence-corrected chi connectivity index (χ3v) is 5.39. The van der Waals surface area contributed by atoms with Crippen molar-refractivity contribution < 1.29 is 19.1 Å². The molecule has 164 valence electrons. The Labute approximate surface area is 183 Å². The fraction of sp³-hybridized carbons (Fsp3) is 0.360. The maximum absolute atomic E-state index is 12.9. The molecule has 3 aromatic rings. The first-order valence-corrected chi connectivity index (χ1v) is 10.3. The molecular weight excluding hydrogens is 392 g/mol. The van der Waals surface area contributed by atoms with Gasteiger partial charge in [-0.2, -0.15) is 0 Å². The predicted molar refractivity (Wildman–Crippen MR) is 122 cm³/mol. The lowest BCUT2D eigenvalue weighted by molar-refractivity contribution is 0.0600. The number of aromatic nitrogens is 1. The van der Waals surface area contributed by atoms with E-state index in [1.54, 1.807) is 24.1 Å². The van der Waals surface area contributed by atoms with Gasteiger partial charge in [-0.15, -0.1) is 0 Å². The number of methoxy groups -OCH3 is 2. The minimum absolute atomic E-state index is 0.0189. The molecule has 2 aromatic carbocycles. The van der Waals surface area contributed by atoms with Crippen LogP contribution in [0, 0.1) is 5.92 Å². The number of carbonyl (C=O) groups is 2. The van der Waals surface area contributed by atoms with E-state index in [1.807, 2.05) is 38.4 Å². The van der Waals surface area contributed by atoms with Crippen LogP contribution >= 0.6 is 0 Å². The van der Waals surface area contributed by atoms with Crippen LogP contribution in [0.25, 0.3) is 10.9 Å². The minimum Gasteiger partial charge on any atom is -0.496 e. The molecule has 0 bridgehead atoms. The number of amides is 1. The first kappa shape index (κ1) is 22.4. The standard InChI is InChI=1S/C25H30N2O4/c1-16(2)14-27(4)24(28)18-9-10-22-21(12-18)20(15-26(22)3)11-17-7-8-19(25(29)31-6)13-23(17)30-5/h7-10,12-13,15-16H,11,14H2,1-6H3. The van der Waals surface area contributed by atoms with E-state index in [0.29, 0.717) is 35.8 Å². The number of benzene rings is 2. The smallest absolute Gasteiger partial charge is 0.337 e. The SMILES string of the molecule is COC(=O)c1ccc(Cc2cn(C)c3ccc(C(=O)N(C)CC(C)C)cc23)c(OC)c1. The van der Waals surface area contributed by atoms with Crippen LogP contribution < -0.4 is 4.74 Å². The van der Waals surface area contributed by atoms with Crippen molar-refractivity contribution in [3.8, 4) is 5.75 Å². The Kier molecular flexibility index (Phi) is 6.68. The number of hydrogen-bond acceptors (Lipinski definition) is 4. The molecule has 0 fully saturated rings. The van der Waals surface area contributed by atoms with Gasteiger partial charge in [0.25, 0.3) is 5.91 Å². The summed E-state index contributed by atoms with van der Waals surface area (Å²) in [6.45, 7) is 4.91. The maximum atomic E-state index is 12.9. The van der Waals surface area contributed by atoms with Crippen LogP contribution in [0.3, 0.4) is 0 Å². The molecule has 0 spiro atoms. The summed E-state index contributed by atoms with van der Waals surface area (Å²) in [5.74, 6) is 0.656. The number of aryl methyl sites for hydroxylation is 1. The summed E-state index contributed by atoms with van der Waals surface area (Å²) in [7, 11) is 6.78. The van der Waals surface area contributed by atoms with E-state index in [0.717, 1.165) is 22.0 Å². The molecule has 6 nitrogen and oxygen atoms in total. The van der Waals surface area contributed by atoms with Gasteiger partial charge in [-0.05, 0) is 47.4 Å². The third-order valence-electron chi connectivity index (χ3n) is 5.39. The van der Waals surface area contributed by atoms with Crippen LogP contribution in [0.1, 0.15) is 45.7 Å². The van der Waals surface area contributed by atoms with Crippen LogP contribution in [0.5, 0.6) is 5.75 Å². The van der Waals surface area contributed by atoms with Crippen LogP contribution in [0.15, 0.2) is 42.6 Å². The second-order valence-electron chi connectivity index (χ2n) is 8.27. The lowest BCUT2D eigenvalue weighted by atomic mass is 10.0. The van der Waals surface area contributed by atoms with Crippen LogP contribution in [0.2, 0.25) is 0 Å². The van der Waals surface area contributed by atoms with Gasteiger partial charge < -0.3 is 18.9 Å². The largest absolute Gasteiger partial charge is 0.496 e. The number of carbonyl (C=O) groups excluding carboxylic acids is 2. The second kappa shape index (κ2) is 9.25. The number of rotatable bonds is 7. The van der Waals surface area contributed by atoms with E-state index in [9.17, 15) is 9.59 Å². The molecule has 0 atom stereocenters. The summed E-state index contributed by atoms with van der Waals surface area (Å²) in [5.41, 5.74) is 4.22. The van der Waals surface area contributed by atoms with E-state index < -0.39 is 5.97 Å². The number of ether oxygens (including phenoxy) is 2. The lowest BCUT2D eigenvalue weighted by Crippen LogP contribution is -2.30. The molecule has 1 heterocycles. The zero-order chi connectivity index (χ0) is 22.7. The topological polar surface area (TPSA) is 60.8 Å². The highest BCUT2D eigenvalue weighted by Crippen LogP contribution is 2.29. The Morgan fingerprint density at radius 2 is 1.74 bits per heavy atom. The Bertz CT molecular complexity index is 1110. The second-order valence-corrected chi connectivity index (χ2v) is 8.27. The number of nitrogens with zero attached hydrogens (tertiary/aromatic N) is 2. The van der Waals surface area contributed by atoms with Crippen molar-refractivity contribution in [1.29, 1.82) is 0 Å². The molecule has 0 aliphatic heterocycles. The van der Waals surface area contributed by atoms with Crippen molar-refractivity contribution in [1.82, 2.24) is 9.47 Å². The number of hydrogen-bond donors (Lipinski definition) is 0. The average molecular weight is 423 g/mol. The van der Waals surface area contributed by atoms with Gasteiger partial charge in [0.05, 0.1) is 19.8 Å². The van der Waals surface area contributed by atoms with E-state index in [1.165, 1.54) is 7.11 Å². The molecule has 6 heteroatoms. The summed E-state index contributed by atoms with van der Waals surface area (Å²) < 4.78 is 12.4. The van der Waals surface area contributed by atoms with Gasteiger partial charge in [0.1, 0.15) is 5.75 Å².